The van der Waals surface area contributed by atoms with Gasteiger partial charge in [0.2, 0.25) is 5.65 Å². The third-order valence-electron chi connectivity index (χ3n) is 2.74. The Hall–Kier alpha value is -3.30. The molecule has 0 saturated carbocycles. The Morgan fingerprint density at radius 2 is 1.68 bits per heavy atom. The molecule has 0 spiro atoms. The Morgan fingerprint density at radius 1 is 0.909 bits per heavy atom. The fraction of sp³-hybridized carbons (Fsp3) is 0.167. The van der Waals surface area contributed by atoms with Crippen LogP contribution in [0.1, 0.15) is 0 Å². The second-order valence-electron chi connectivity index (χ2n) is 4.00. The molecule has 0 fully saturated rings. The molecular formula is C12H12N8O2. The number of rotatable bonds is 2. The van der Waals surface area contributed by atoms with Gasteiger partial charge in [0.1, 0.15) is 30.8 Å². The molecule has 4 heterocycles. The SMILES string of the molecule is COn1nnc2cccnc21.COn1nnc2cnccc21. The van der Waals surface area contributed by atoms with Crippen molar-refractivity contribution in [1.82, 2.24) is 40.3 Å². The number of aromatic nitrogens is 8. The van der Waals surface area contributed by atoms with Crippen LogP contribution in [0.3, 0.4) is 0 Å². The van der Waals surface area contributed by atoms with E-state index in [-0.39, 0.29) is 0 Å². The van der Waals surface area contributed by atoms with Gasteiger partial charge in [0.05, 0.1) is 6.20 Å². The molecule has 0 saturated heterocycles. The van der Waals surface area contributed by atoms with Crippen LogP contribution >= 0.6 is 0 Å². The summed E-state index contributed by atoms with van der Waals surface area (Å²) in [5, 5.41) is 15.0. The van der Waals surface area contributed by atoms with Crippen LogP contribution in [0.4, 0.5) is 0 Å². The van der Waals surface area contributed by atoms with Crippen molar-refractivity contribution in [2.24, 2.45) is 0 Å². The molecular weight excluding hydrogens is 288 g/mol. The van der Waals surface area contributed by atoms with E-state index < -0.39 is 0 Å². The minimum Gasteiger partial charge on any atom is -0.398 e. The van der Waals surface area contributed by atoms with Crippen LogP contribution in [0.2, 0.25) is 0 Å². The summed E-state index contributed by atoms with van der Waals surface area (Å²) in [5.74, 6) is 0. The molecule has 10 nitrogen and oxygen atoms in total. The first kappa shape index (κ1) is 13.7. The summed E-state index contributed by atoms with van der Waals surface area (Å²) in [7, 11) is 3.05. The monoisotopic (exact) mass is 300 g/mol. The van der Waals surface area contributed by atoms with Crippen LogP contribution in [0.15, 0.2) is 36.8 Å². The van der Waals surface area contributed by atoms with Crippen molar-refractivity contribution in [2.45, 2.75) is 0 Å². The number of nitrogens with zero attached hydrogens (tertiary/aromatic N) is 8. The highest BCUT2D eigenvalue weighted by Crippen LogP contribution is 2.05. The van der Waals surface area contributed by atoms with E-state index in [9.17, 15) is 0 Å². The van der Waals surface area contributed by atoms with Crippen molar-refractivity contribution in [1.29, 1.82) is 0 Å². The van der Waals surface area contributed by atoms with Crippen LogP contribution in [0.25, 0.3) is 22.2 Å². The first-order chi connectivity index (χ1) is 10.8. The van der Waals surface area contributed by atoms with E-state index in [2.05, 4.69) is 30.6 Å². The molecule has 0 bridgehead atoms. The maximum absolute atomic E-state index is 4.88. The number of hydrogen-bond acceptors (Lipinski definition) is 8. The van der Waals surface area contributed by atoms with Gasteiger partial charge in [-0.05, 0) is 28.6 Å². The van der Waals surface area contributed by atoms with Gasteiger partial charge in [0.15, 0.2) is 0 Å². The third-order valence-corrected chi connectivity index (χ3v) is 2.74. The van der Waals surface area contributed by atoms with Gasteiger partial charge in [-0.25, -0.2) is 4.98 Å². The van der Waals surface area contributed by atoms with Crippen LogP contribution < -0.4 is 9.68 Å². The average Bonchev–Trinajstić information content (AvgIpc) is 3.19. The summed E-state index contributed by atoms with van der Waals surface area (Å²) in [6, 6.07) is 5.42. The van der Waals surface area contributed by atoms with Gasteiger partial charge >= 0.3 is 0 Å². The van der Waals surface area contributed by atoms with Gasteiger partial charge in [-0.15, -0.1) is 10.2 Å². The largest absolute Gasteiger partial charge is 0.398 e. The quantitative estimate of drug-likeness (QED) is 0.500. The maximum Gasteiger partial charge on any atom is 0.219 e. The predicted molar refractivity (Wildman–Crippen MR) is 75.7 cm³/mol. The molecule has 22 heavy (non-hydrogen) atoms. The molecule has 10 heteroatoms. The zero-order chi connectivity index (χ0) is 15.4. The summed E-state index contributed by atoms with van der Waals surface area (Å²) < 4.78 is 0. The highest BCUT2D eigenvalue weighted by Gasteiger charge is 2.02. The Kier molecular flexibility index (Phi) is 3.72. The highest BCUT2D eigenvalue weighted by molar-refractivity contribution is 5.72. The molecule has 0 aliphatic rings. The molecule has 0 N–H and O–H groups in total. The van der Waals surface area contributed by atoms with E-state index in [1.807, 2.05) is 6.07 Å². The molecule has 4 aromatic heterocycles. The van der Waals surface area contributed by atoms with Crippen molar-refractivity contribution in [3.8, 4) is 0 Å². The zero-order valence-corrected chi connectivity index (χ0v) is 11.9. The van der Waals surface area contributed by atoms with Crippen LogP contribution in [0.5, 0.6) is 0 Å². The summed E-state index contributed by atoms with van der Waals surface area (Å²) in [6.07, 6.45) is 4.97. The van der Waals surface area contributed by atoms with Gasteiger partial charge in [-0.3, -0.25) is 4.98 Å². The summed E-state index contributed by atoms with van der Waals surface area (Å²) >= 11 is 0. The lowest BCUT2D eigenvalue weighted by molar-refractivity contribution is 0.138. The van der Waals surface area contributed by atoms with E-state index in [0.717, 1.165) is 16.6 Å². The van der Waals surface area contributed by atoms with Gasteiger partial charge in [-0.2, -0.15) is 0 Å². The Balaban J connectivity index is 0.000000131. The molecule has 4 aromatic rings. The maximum atomic E-state index is 4.88. The second kappa shape index (κ2) is 5.99. The van der Waals surface area contributed by atoms with Crippen LogP contribution in [-0.4, -0.2) is 54.5 Å². The highest BCUT2D eigenvalue weighted by atomic mass is 16.7. The molecule has 4 rings (SSSR count). The lowest BCUT2D eigenvalue weighted by atomic mass is 10.4. The third kappa shape index (κ3) is 2.49. The van der Waals surface area contributed by atoms with E-state index in [0.29, 0.717) is 5.65 Å². The lowest BCUT2D eigenvalue weighted by Gasteiger charge is -1.95. The Morgan fingerprint density at radius 3 is 2.50 bits per heavy atom. The van der Waals surface area contributed by atoms with Crippen molar-refractivity contribution in [2.75, 3.05) is 14.2 Å². The zero-order valence-electron chi connectivity index (χ0n) is 11.9. The Bertz CT molecular complexity index is 813. The molecule has 0 aliphatic heterocycles. The summed E-state index contributed by atoms with van der Waals surface area (Å²) in [4.78, 5) is 20.3. The van der Waals surface area contributed by atoms with Gasteiger partial charge < -0.3 is 9.68 Å². The first-order valence-electron chi connectivity index (χ1n) is 6.24. The van der Waals surface area contributed by atoms with Crippen molar-refractivity contribution in [3.63, 3.8) is 0 Å². The van der Waals surface area contributed by atoms with Crippen molar-refractivity contribution >= 4 is 22.2 Å². The molecule has 0 radical (unpaired) electrons. The second-order valence-corrected chi connectivity index (χ2v) is 4.00. The molecule has 0 amide bonds. The van der Waals surface area contributed by atoms with E-state index in [1.54, 1.807) is 30.7 Å². The molecule has 0 aliphatic carbocycles. The normalized spacial score (nSPS) is 10.3. The van der Waals surface area contributed by atoms with Gasteiger partial charge in [-0.1, -0.05) is 9.69 Å². The minimum absolute atomic E-state index is 0.634. The number of pyridine rings is 2. The lowest BCUT2D eigenvalue weighted by Crippen LogP contribution is -2.07. The molecule has 112 valence electrons. The van der Waals surface area contributed by atoms with Crippen LogP contribution in [-0.2, 0) is 0 Å². The fourth-order valence-electron chi connectivity index (χ4n) is 1.76. The smallest absolute Gasteiger partial charge is 0.219 e. The minimum atomic E-state index is 0.634. The number of fused-ring (bicyclic) bond motifs is 2. The van der Waals surface area contributed by atoms with E-state index in [4.69, 9.17) is 9.68 Å². The average molecular weight is 300 g/mol. The summed E-state index contributed by atoms with van der Waals surface area (Å²) in [6.45, 7) is 0. The fourth-order valence-corrected chi connectivity index (χ4v) is 1.76. The predicted octanol–water partition coefficient (Wildman–Crippen LogP) is -0.231. The van der Waals surface area contributed by atoms with Gasteiger partial charge in [0.25, 0.3) is 0 Å². The van der Waals surface area contributed by atoms with E-state index >= 15 is 0 Å². The van der Waals surface area contributed by atoms with E-state index in [1.165, 1.54) is 23.9 Å². The van der Waals surface area contributed by atoms with Gasteiger partial charge in [0, 0.05) is 12.4 Å². The van der Waals surface area contributed by atoms with Crippen LogP contribution in [0, 0.1) is 0 Å². The molecule has 0 unspecified atom stereocenters. The molecule has 0 aromatic carbocycles. The number of hydrogen-bond donors (Lipinski definition) is 0. The first-order valence-corrected chi connectivity index (χ1v) is 6.24. The topological polar surface area (TPSA) is 106 Å². The van der Waals surface area contributed by atoms with Crippen molar-refractivity contribution < 1.29 is 9.68 Å². The van der Waals surface area contributed by atoms with Crippen molar-refractivity contribution in [3.05, 3.63) is 36.8 Å². The molecule has 0 atom stereocenters. The summed E-state index contributed by atoms with van der Waals surface area (Å²) in [5.41, 5.74) is 2.92. The standard InChI is InChI=1S/2C6H6N4O/c1-11-10-6-2-3-7-4-5(6)8-9-10;1-11-10-6-5(8-9-10)3-2-4-7-6/h2*2-4H,1H3. The Labute approximate surface area is 124 Å².